The molecule has 2 aromatic carbocycles. The quantitative estimate of drug-likeness (QED) is 0.922. The van der Waals surface area contributed by atoms with Crippen LogP contribution in [0, 0.1) is 11.6 Å². The van der Waals surface area contributed by atoms with Gasteiger partial charge in [0.05, 0.1) is 0 Å². The smallest absolute Gasteiger partial charge is 0.165 e. The van der Waals surface area contributed by atoms with Crippen LogP contribution in [0.25, 0.3) is 0 Å². The molecule has 0 saturated heterocycles. The predicted octanol–water partition coefficient (Wildman–Crippen LogP) is 4.09. The third-order valence-electron chi connectivity index (χ3n) is 2.80. The van der Waals surface area contributed by atoms with Crippen molar-refractivity contribution in [3.05, 3.63) is 64.7 Å². The Bertz CT molecular complexity index is 604. The summed E-state index contributed by atoms with van der Waals surface area (Å²) in [5, 5.41) is 0.525. The Morgan fingerprint density at radius 2 is 1.90 bits per heavy atom. The maximum Gasteiger partial charge on any atom is 0.165 e. The van der Waals surface area contributed by atoms with Gasteiger partial charge in [0.15, 0.2) is 11.6 Å². The third-order valence-corrected chi connectivity index (χ3v) is 3.04. The zero-order valence-corrected chi connectivity index (χ0v) is 11.6. The standard InChI is InChI=1S/C15H14ClF2NO/c1-9(19)15(10-3-2-4-11(16)7-10)20-14-8-12(17)5-6-13(14)18/h2-9,15H,19H2,1H3. The van der Waals surface area contributed by atoms with Crippen LogP contribution in [-0.4, -0.2) is 6.04 Å². The Balaban J connectivity index is 2.33. The third kappa shape index (κ3) is 3.46. The fraction of sp³-hybridized carbons (Fsp3) is 0.200. The summed E-state index contributed by atoms with van der Waals surface area (Å²) in [6.45, 7) is 1.72. The van der Waals surface area contributed by atoms with E-state index in [1.54, 1.807) is 31.2 Å². The maximum atomic E-state index is 13.6. The second-order valence-corrected chi connectivity index (χ2v) is 4.96. The Morgan fingerprint density at radius 1 is 1.15 bits per heavy atom. The van der Waals surface area contributed by atoms with Crippen molar-refractivity contribution in [2.45, 2.75) is 19.1 Å². The van der Waals surface area contributed by atoms with Crippen LogP contribution in [-0.2, 0) is 0 Å². The topological polar surface area (TPSA) is 35.2 Å². The van der Waals surface area contributed by atoms with Gasteiger partial charge in [-0.25, -0.2) is 8.78 Å². The van der Waals surface area contributed by atoms with Gasteiger partial charge < -0.3 is 10.5 Å². The van der Waals surface area contributed by atoms with Gasteiger partial charge in [-0.3, -0.25) is 0 Å². The van der Waals surface area contributed by atoms with Crippen LogP contribution in [0.15, 0.2) is 42.5 Å². The number of rotatable bonds is 4. The number of nitrogens with two attached hydrogens (primary N) is 1. The van der Waals surface area contributed by atoms with E-state index in [9.17, 15) is 8.78 Å². The number of hydrogen-bond donors (Lipinski definition) is 1. The highest BCUT2D eigenvalue weighted by molar-refractivity contribution is 6.30. The van der Waals surface area contributed by atoms with Crippen molar-refractivity contribution in [1.82, 2.24) is 0 Å². The van der Waals surface area contributed by atoms with Crippen LogP contribution in [0.4, 0.5) is 8.78 Å². The molecule has 0 saturated carbocycles. The molecule has 0 heterocycles. The molecule has 0 radical (unpaired) electrons. The van der Waals surface area contributed by atoms with Crippen LogP contribution in [0.2, 0.25) is 5.02 Å². The van der Waals surface area contributed by atoms with Crippen molar-refractivity contribution >= 4 is 11.6 Å². The van der Waals surface area contributed by atoms with Crippen LogP contribution < -0.4 is 10.5 Å². The van der Waals surface area contributed by atoms with E-state index in [2.05, 4.69) is 0 Å². The fourth-order valence-electron chi connectivity index (χ4n) is 1.87. The highest BCUT2D eigenvalue weighted by atomic mass is 35.5. The zero-order chi connectivity index (χ0) is 14.7. The van der Waals surface area contributed by atoms with E-state index in [0.29, 0.717) is 10.6 Å². The van der Waals surface area contributed by atoms with Crippen molar-refractivity contribution in [2.24, 2.45) is 5.73 Å². The van der Waals surface area contributed by atoms with E-state index in [-0.39, 0.29) is 5.75 Å². The number of ether oxygens (including phenoxy) is 1. The van der Waals surface area contributed by atoms with Gasteiger partial charge in [-0.15, -0.1) is 0 Å². The normalized spacial score (nSPS) is 13.8. The van der Waals surface area contributed by atoms with Crippen LogP contribution in [0.1, 0.15) is 18.6 Å². The second-order valence-electron chi connectivity index (χ2n) is 4.53. The van der Waals surface area contributed by atoms with Gasteiger partial charge in [0.1, 0.15) is 11.9 Å². The first-order chi connectivity index (χ1) is 9.47. The lowest BCUT2D eigenvalue weighted by Gasteiger charge is -2.23. The van der Waals surface area contributed by atoms with Gasteiger partial charge in [0.2, 0.25) is 0 Å². The van der Waals surface area contributed by atoms with Gasteiger partial charge in [-0.05, 0) is 36.8 Å². The number of benzene rings is 2. The molecule has 0 bridgehead atoms. The summed E-state index contributed by atoms with van der Waals surface area (Å²) in [5.74, 6) is -1.39. The summed E-state index contributed by atoms with van der Waals surface area (Å²) in [4.78, 5) is 0. The Morgan fingerprint density at radius 3 is 2.55 bits per heavy atom. The lowest BCUT2D eigenvalue weighted by atomic mass is 10.0. The number of hydrogen-bond acceptors (Lipinski definition) is 2. The van der Waals surface area contributed by atoms with Crippen LogP contribution in [0.5, 0.6) is 5.75 Å². The molecule has 0 spiro atoms. The monoisotopic (exact) mass is 297 g/mol. The molecule has 0 amide bonds. The molecular formula is C15H14ClF2NO. The summed E-state index contributed by atoms with van der Waals surface area (Å²) >= 11 is 5.92. The van der Waals surface area contributed by atoms with E-state index in [1.165, 1.54) is 0 Å². The van der Waals surface area contributed by atoms with Crippen molar-refractivity contribution in [2.75, 3.05) is 0 Å². The molecule has 0 aliphatic carbocycles. The highest BCUT2D eigenvalue weighted by Crippen LogP contribution is 2.28. The summed E-state index contributed by atoms with van der Waals surface area (Å²) in [7, 11) is 0. The number of halogens is 3. The molecule has 2 aromatic rings. The second kappa shape index (κ2) is 6.20. The first-order valence-electron chi connectivity index (χ1n) is 6.10. The summed E-state index contributed by atoms with van der Waals surface area (Å²) < 4.78 is 32.3. The molecule has 2 rings (SSSR count). The highest BCUT2D eigenvalue weighted by Gasteiger charge is 2.20. The van der Waals surface area contributed by atoms with E-state index in [4.69, 9.17) is 22.1 Å². The Labute approximate surface area is 121 Å². The van der Waals surface area contributed by atoms with Gasteiger partial charge in [-0.1, -0.05) is 23.7 Å². The minimum Gasteiger partial charge on any atom is -0.481 e. The first-order valence-corrected chi connectivity index (χ1v) is 6.48. The molecular weight excluding hydrogens is 284 g/mol. The fourth-order valence-corrected chi connectivity index (χ4v) is 2.07. The first kappa shape index (κ1) is 14.8. The molecule has 20 heavy (non-hydrogen) atoms. The Hall–Kier alpha value is -1.65. The molecule has 0 aliphatic rings. The van der Waals surface area contributed by atoms with E-state index < -0.39 is 23.8 Å². The largest absolute Gasteiger partial charge is 0.481 e. The lowest BCUT2D eigenvalue weighted by molar-refractivity contribution is 0.172. The average molecular weight is 298 g/mol. The van der Waals surface area contributed by atoms with Crippen LogP contribution in [0.3, 0.4) is 0 Å². The van der Waals surface area contributed by atoms with Gasteiger partial charge >= 0.3 is 0 Å². The molecule has 2 unspecified atom stereocenters. The summed E-state index contributed by atoms with van der Waals surface area (Å²) in [5.41, 5.74) is 6.58. The maximum absolute atomic E-state index is 13.6. The zero-order valence-electron chi connectivity index (χ0n) is 10.8. The van der Waals surface area contributed by atoms with Gasteiger partial charge in [0, 0.05) is 17.1 Å². The molecule has 0 aromatic heterocycles. The molecule has 2 atom stereocenters. The minimum absolute atomic E-state index is 0.174. The van der Waals surface area contributed by atoms with E-state index in [1.807, 2.05) is 0 Å². The SMILES string of the molecule is CC(N)C(Oc1cc(F)ccc1F)c1cccc(Cl)c1. The molecule has 106 valence electrons. The van der Waals surface area contributed by atoms with Crippen molar-refractivity contribution in [3.8, 4) is 5.75 Å². The summed E-state index contributed by atoms with van der Waals surface area (Å²) in [6, 6.07) is 9.54. The average Bonchev–Trinajstić information content (AvgIpc) is 2.39. The van der Waals surface area contributed by atoms with Crippen LogP contribution >= 0.6 is 11.6 Å². The van der Waals surface area contributed by atoms with E-state index >= 15 is 0 Å². The molecule has 0 fully saturated rings. The van der Waals surface area contributed by atoms with Crippen molar-refractivity contribution < 1.29 is 13.5 Å². The summed E-state index contributed by atoms with van der Waals surface area (Å²) in [6.07, 6.45) is -0.620. The molecule has 2 N–H and O–H groups in total. The predicted molar refractivity (Wildman–Crippen MR) is 74.8 cm³/mol. The lowest BCUT2D eigenvalue weighted by Crippen LogP contribution is -2.29. The Kier molecular flexibility index (Phi) is 4.57. The van der Waals surface area contributed by atoms with E-state index in [0.717, 1.165) is 18.2 Å². The molecule has 2 nitrogen and oxygen atoms in total. The van der Waals surface area contributed by atoms with Gasteiger partial charge in [-0.2, -0.15) is 0 Å². The van der Waals surface area contributed by atoms with Crippen molar-refractivity contribution in [1.29, 1.82) is 0 Å². The minimum atomic E-state index is -0.640. The molecule has 5 heteroatoms. The van der Waals surface area contributed by atoms with Crippen molar-refractivity contribution in [3.63, 3.8) is 0 Å². The van der Waals surface area contributed by atoms with Gasteiger partial charge in [0.25, 0.3) is 0 Å². The molecule has 0 aliphatic heterocycles.